The van der Waals surface area contributed by atoms with Gasteiger partial charge in [-0.25, -0.2) is 9.97 Å². The van der Waals surface area contributed by atoms with E-state index in [0.29, 0.717) is 25.5 Å². The zero-order chi connectivity index (χ0) is 15.7. The number of likely N-dealkylation sites (N-methyl/N-ethyl adjacent to an activating group) is 1. The molecular formula is C15H19N5O2. The number of hydrogen-bond acceptors (Lipinski definition) is 6. The van der Waals surface area contributed by atoms with Gasteiger partial charge in [-0.2, -0.15) is 0 Å². The van der Waals surface area contributed by atoms with Crippen molar-refractivity contribution < 1.29 is 9.53 Å². The zero-order valence-electron chi connectivity index (χ0n) is 13.0. The zero-order valence-corrected chi connectivity index (χ0v) is 13.0. The first-order valence-electron chi connectivity index (χ1n) is 7.22. The predicted octanol–water partition coefficient (Wildman–Crippen LogP) is 0.627. The number of anilines is 1. The molecule has 1 saturated heterocycles. The Morgan fingerprint density at radius 2 is 2.23 bits per heavy atom. The monoisotopic (exact) mass is 301 g/mol. The molecule has 22 heavy (non-hydrogen) atoms. The molecule has 1 atom stereocenters. The number of carbonyl (C=O) groups is 1. The Hall–Kier alpha value is -2.28. The first-order chi connectivity index (χ1) is 10.6. The Labute approximate surface area is 128 Å². The first kappa shape index (κ1) is 14.6. The van der Waals surface area contributed by atoms with Gasteiger partial charge in [0.25, 0.3) is 5.91 Å². The molecule has 0 radical (unpaired) electrons. The van der Waals surface area contributed by atoms with Crippen molar-refractivity contribution in [2.45, 2.75) is 13.0 Å². The van der Waals surface area contributed by atoms with E-state index in [1.54, 1.807) is 31.4 Å². The van der Waals surface area contributed by atoms with Crippen molar-refractivity contribution in [3.05, 3.63) is 24.3 Å². The standard InChI is InChI=1S/C15H19N5O2/c1-10-17-12-8-16-5-4-11(12)14(18-10)20-6-7-22-13(9-20)15(21)19(2)3/h4-5,8,13H,6-7,9H2,1-3H3. The van der Waals surface area contributed by atoms with E-state index >= 15 is 0 Å². The van der Waals surface area contributed by atoms with E-state index in [2.05, 4.69) is 19.9 Å². The van der Waals surface area contributed by atoms with Crippen LogP contribution in [-0.2, 0) is 9.53 Å². The van der Waals surface area contributed by atoms with Gasteiger partial charge in [0.2, 0.25) is 0 Å². The highest BCUT2D eigenvalue weighted by Gasteiger charge is 2.29. The van der Waals surface area contributed by atoms with Crippen LogP contribution in [0.2, 0.25) is 0 Å². The van der Waals surface area contributed by atoms with E-state index in [9.17, 15) is 4.79 Å². The number of aryl methyl sites for hydroxylation is 1. The molecule has 3 rings (SSSR count). The molecule has 1 fully saturated rings. The van der Waals surface area contributed by atoms with Crippen LogP contribution < -0.4 is 4.90 Å². The van der Waals surface area contributed by atoms with Gasteiger partial charge in [-0.05, 0) is 13.0 Å². The normalized spacial score (nSPS) is 18.5. The van der Waals surface area contributed by atoms with Crippen molar-refractivity contribution >= 4 is 22.6 Å². The highest BCUT2D eigenvalue weighted by Crippen LogP contribution is 2.25. The van der Waals surface area contributed by atoms with Gasteiger partial charge in [0.05, 0.1) is 24.9 Å². The molecule has 1 amide bonds. The maximum Gasteiger partial charge on any atom is 0.253 e. The minimum atomic E-state index is -0.462. The van der Waals surface area contributed by atoms with E-state index in [4.69, 9.17) is 4.74 Å². The highest BCUT2D eigenvalue weighted by molar-refractivity contribution is 5.89. The lowest BCUT2D eigenvalue weighted by Gasteiger charge is -2.34. The van der Waals surface area contributed by atoms with Gasteiger partial charge in [-0.1, -0.05) is 0 Å². The summed E-state index contributed by atoms with van der Waals surface area (Å²) in [5, 5.41) is 0.943. The number of fused-ring (bicyclic) bond motifs is 1. The number of morpholine rings is 1. The molecule has 0 spiro atoms. The summed E-state index contributed by atoms with van der Waals surface area (Å²) in [6.45, 7) is 3.55. The van der Waals surface area contributed by atoms with Crippen LogP contribution in [0.15, 0.2) is 18.5 Å². The number of amides is 1. The molecule has 2 aromatic rings. The number of pyridine rings is 1. The highest BCUT2D eigenvalue weighted by atomic mass is 16.5. The molecule has 7 heteroatoms. The fraction of sp³-hybridized carbons (Fsp3) is 0.467. The van der Waals surface area contributed by atoms with Crippen LogP contribution in [0.4, 0.5) is 5.82 Å². The van der Waals surface area contributed by atoms with Crippen molar-refractivity contribution in [2.24, 2.45) is 0 Å². The summed E-state index contributed by atoms with van der Waals surface area (Å²) in [4.78, 5) is 28.9. The van der Waals surface area contributed by atoms with Crippen molar-refractivity contribution in [3.8, 4) is 0 Å². The Kier molecular flexibility index (Phi) is 3.89. The van der Waals surface area contributed by atoms with Crippen LogP contribution in [0.1, 0.15) is 5.82 Å². The number of hydrogen-bond donors (Lipinski definition) is 0. The average molecular weight is 301 g/mol. The largest absolute Gasteiger partial charge is 0.365 e. The number of ether oxygens (including phenoxy) is 1. The minimum Gasteiger partial charge on any atom is -0.365 e. The molecule has 0 bridgehead atoms. The van der Waals surface area contributed by atoms with Crippen molar-refractivity contribution in [3.63, 3.8) is 0 Å². The third kappa shape index (κ3) is 2.71. The topological polar surface area (TPSA) is 71.5 Å². The van der Waals surface area contributed by atoms with Crippen LogP contribution in [0.3, 0.4) is 0 Å². The lowest BCUT2D eigenvalue weighted by atomic mass is 10.2. The van der Waals surface area contributed by atoms with Gasteiger partial charge < -0.3 is 14.5 Å². The van der Waals surface area contributed by atoms with E-state index in [1.165, 1.54) is 0 Å². The smallest absolute Gasteiger partial charge is 0.253 e. The second-order valence-corrected chi connectivity index (χ2v) is 5.53. The summed E-state index contributed by atoms with van der Waals surface area (Å²) < 4.78 is 5.61. The second-order valence-electron chi connectivity index (χ2n) is 5.53. The lowest BCUT2D eigenvalue weighted by molar-refractivity contribution is -0.141. The third-order valence-corrected chi connectivity index (χ3v) is 3.67. The Morgan fingerprint density at radius 3 is 3.00 bits per heavy atom. The van der Waals surface area contributed by atoms with Crippen LogP contribution in [0.5, 0.6) is 0 Å². The van der Waals surface area contributed by atoms with Gasteiger partial charge in [-0.3, -0.25) is 9.78 Å². The molecule has 0 aromatic carbocycles. The van der Waals surface area contributed by atoms with Crippen LogP contribution >= 0.6 is 0 Å². The maximum atomic E-state index is 12.1. The summed E-state index contributed by atoms with van der Waals surface area (Å²) in [7, 11) is 3.47. The molecule has 1 unspecified atom stereocenters. The number of carbonyl (C=O) groups excluding carboxylic acids is 1. The predicted molar refractivity (Wildman–Crippen MR) is 82.7 cm³/mol. The number of aromatic nitrogens is 3. The Balaban J connectivity index is 1.95. The summed E-state index contributed by atoms with van der Waals surface area (Å²) in [5.41, 5.74) is 0.812. The lowest BCUT2D eigenvalue weighted by Crippen LogP contribution is -2.49. The molecule has 0 saturated carbocycles. The Bertz CT molecular complexity index is 703. The van der Waals surface area contributed by atoms with Crippen LogP contribution in [0.25, 0.3) is 10.9 Å². The van der Waals surface area contributed by atoms with Crippen LogP contribution in [0, 0.1) is 6.92 Å². The van der Waals surface area contributed by atoms with E-state index in [1.807, 2.05) is 13.0 Å². The summed E-state index contributed by atoms with van der Waals surface area (Å²) in [6.07, 6.45) is 3.00. The van der Waals surface area contributed by atoms with Crippen molar-refractivity contribution in [1.82, 2.24) is 19.9 Å². The molecule has 1 aliphatic rings. The summed E-state index contributed by atoms with van der Waals surface area (Å²) >= 11 is 0. The number of nitrogens with zero attached hydrogens (tertiary/aromatic N) is 5. The van der Waals surface area contributed by atoms with E-state index < -0.39 is 6.10 Å². The molecule has 2 aromatic heterocycles. The summed E-state index contributed by atoms with van der Waals surface area (Å²) in [6, 6.07) is 1.91. The Morgan fingerprint density at radius 1 is 1.41 bits per heavy atom. The maximum absolute atomic E-state index is 12.1. The third-order valence-electron chi connectivity index (χ3n) is 3.67. The van der Waals surface area contributed by atoms with Gasteiger partial charge in [-0.15, -0.1) is 0 Å². The van der Waals surface area contributed by atoms with Gasteiger partial charge in [0.1, 0.15) is 11.6 Å². The average Bonchev–Trinajstić information content (AvgIpc) is 2.53. The SMILES string of the molecule is Cc1nc(N2CCOC(C(=O)N(C)C)C2)c2ccncc2n1. The van der Waals surface area contributed by atoms with Crippen LogP contribution in [-0.4, -0.2) is 65.7 Å². The molecule has 3 heterocycles. The van der Waals surface area contributed by atoms with Gasteiger partial charge >= 0.3 is 0 Å². The molecule has 0 N–H and O–H groups in total. The van der Waals surface area contributed by atoms with E-state index in [0.717, 1.165) is 16.7 Å². The molecule has 0 aliphatic carbocycles. The second kappa shape index (κ2) is 5.84. The molecule has 7 nitrogen and oxygen atoms in total. The molecule has 1 aliphatic heterocycles. The fourth-order valence-electron chi connectivity index (χ4n) is 2.60. The number of rotatable bonds is 2. The molecule has 116 valence electrons. The molecular weight excluding hydrogens is 282 g/mol. The van der Waals surface area contributed by atoms with Gasteiger partial charge in [0, 0.05) is 32.2 Å². The van der Waals surface area contributed by atoms with Gasteiger partial charge in [0.15, 0.2) is 6.10 Å². The van der Waals surface area contributed by atoms with E-state index in [-0.39, 0.29) is 5.91 Å². The first-order valence-corrected chi connectivity index (χ1v) is 7.22. The van der Waals surface area contributed by atoms with Crippen molar-refractivity contribution in [2.75, 3.05) is 38.7 Å². The summed E-state index contributed by atoms with van der Waals surface area (Å²) in [5.74, 6) is 1.50. The fourth-order valence-corrected chi connectivity index (χ4v) is 2.60. The van der Waals surface area contributed by atoms with Crippen molar-refractivity contribution in [1.29, 1.82) is 0 Å². The minimum absolute atomic E-state index is 0.0264. The quantitative estimate of drug-likeness (QED) is 0.810.